The molecule has 0 spiro atoms. The Labute approximate surface area is 79.1 Å². The molecule has 67 valence electrons. The molecule has 0 bridgehead atoms. The van der Waals surface area contributed by atoms with Crippen molar-refractivity contribution in [2.75, 3.05) is 0 Å². The second-order valence-corrected chi connectivity index (χ2v) is 2.84. The maximum absolute atomic E-state index is 9.86. The first-order valence-corrected chi connectivity index (χ1v) is 4.47. The quantitative estimate of drug-likeness (QED) is 0.626. The Morgan fingerprint density at radius 2 is 1.92 bits per heavy atom. The van der Waals surface area contributed by atoms with E-state index < -0.39 is 0 Å². The van der Waals surface area contributed by atoms with Gasteiger partial charge in [-0.1, -0.05) is 42.5 Å². The van der Waals surface area contributed by atoms with Crippen LogP contribution in [0, 0.1) is 0 Å². The number of carbonyl (C=O) groups excluding carboxylic acids is 1. The average molecular weight is 173 g/mol. The zero-order chi connectivity index (χ0) is 9.36. The van der Waals surface area contributed by atoms with Crippen LogP contribution in [0.3, 0.4) is 0 Å². The predicted molar refractivity (Wildman–Crippen MR) is 54.2 cm³/mol. The predicted octanol–water partition coefficient (Wildman–Crippen LogP) is 2.68. The minimum Gasteiger partial charge on any atom is -0.291 e. The zero-order valence-electron chi connectivity index (χ0n) is 7.57. The summed E-state index contributed by atoms with van der Waals surface area (Å²) >= 11 is 0. The molecule has 1 rings (SSSR count). The van der Waals surface area contributed by atoms with Crippen LogP contribution >= 0.6 is 0 Å². The molecule has 1 aromatic rings. The molecule has 0 heterocycles. The Kier molecular flexibility index (Phi) is 4.62. The fraction of sp³-hybridized carbons (Fsp3) is 0.250. The molecule has 0 aromatic heterocycles. The largest absolute Gasteiger partial charge is 0.291 e. The fourth-order valence-electron chi connectivity index (χ4n) is 1.14. The number of rotatable bonds is 5. The highest BCUT2D eigenvalue weighted by molar-refractivity contribution is 5.52. The standard InChI is InChI=1S/C12H13O/c13-11-7-2-1-4-8-12-9-5-3-6-10-12/h1-3,5-6,9-10H,4,7-8H2/b2-1+. The monoisotopic (exact) mass is 173 g/mol. The van der Waals surface area contributed by atoms with Gasteiger partial charge in [0.25, 0.3) is 0 Å². The fourth-order valence-corrected chi connectivity index (χ4v) is 1.14. The van der Waals surface area contributed by atoms with Crippen molar-refractivity contribution in [2.45, 2.75) is 19.3 Å². The van der Waals surface area contributed by atoms with Gasteiger partial charge in [-0.05, 0) is 18.4 Å². The van der Waals surface area contributed by atoms with Crippen molar-refractivity contribution >= 4 is 6.29 Å². The average Bonchev–Trinajstić information content (AvgIpc) is 2.19. The van der Waals surface area contributed by atoms with Crippen molar-refractivity contribution in [1.82, 2.24) is 0 Å². The summed E-state index contributed by atoms with van der Waals surface area (Å²) in [5.41, 5.74) is 1.34. The molecule has 0 aliphatic heterocycles. The highest BCUT2D eigenvalue weighted by Gasteiger charge is 1.87. The molecule has 0 aliphatic rings. The summed E-state index contributed by atoms with van der Waals surface area (Å²) in [7, 11) is 0. The summed E-state index contributed by atoms with van der Waals surface area (Å²) in [6.07, 6.45) is 8.15. The van der Waals surface area contributed by atoms with E-state index in [1.165, 1.54) is 5.56 Å². The van der Waals surface area contributed by atoms with Crippen molar-refractivity contribution in [3.8, 4) is 0 Å². The lowest BCUT2D eigenvalue weighted by molar-refractivity contribution is 0.556. The van der Waals surface area contributed by atoms with E-state index in [0.717, 1.165) is 12.8 Å². The van der Waals surface area contributed by atoms with Crippen molar-refractivity contribution < 1.29 is 4.79 Å². The van der Waals surface area contributed by atoms with Crippen LogP contribution in [-0.2, 0) is 11.2 Å². The van der Waals surface area contributed by atoms with Crippen molar-refractivity contribution in [2.24, 2.45) is 0 Å². The molecule has 0 atom stereocenters. The third-order valence-electron chi connectivity index (χ3n) is 1.81. The van der Waals surface area contributed by atoms with Crippen molar-refractivity contribution in [3.63, 3.8) is 0 Å². The molecule has 0 saturated carbocycles. The number of hydrogen-bond acceptors (Lipinski definition) is 1. The van der Waals surface area contributed by atoms with Gasteiger partial charge in [0.05, 0.1) is 0 Å². The van der Waals surface area contributed by atoms with E-state index in [1.54, 1.807) is 0 Å². The summed E-state index contributed by atoms with van der Waals surface area (Å²) in [5, 5.41) is 0. The van der Waals surface area contributed by atoms with Gasteiger partial charge in [0.2, 0.25) is 6.29 Å². The molecular weight excluding hydrogens is 160 g/mol. The number of allylic oxidation sites excluding steroid dienone is 2. The molecule has 0 N–H and O–H groups in total. The molecule has 1 heteroatoms. The molecule has 0 saturated heterocycles. The maximum atomic E-state index is 9.86. The van der Waals surface area contributed by atoms with E-state index in [9.17, 15) is 4.79 Å². The van der Waals surface area contributed by atoms with E-state index in [2.05, 4.69) is 12.1 Å². The Balaban J connectivity index is 2.24. The van der Waals surface area contributed by atoms with Crippen LogP contribution in [0.15, 0.2) is 42.5 Å². The summed E-state index contributed by atoms with van der Waals surface area (Å²) in [4.78, 5) is 9.86. The van der Waals surface area contributed by atoms with Gasteiger partial charge >= 0.3 is 0 Å². The first-order valence-electron chi connectivity index (χ1n) is 4.47. The minimum absolute atomic E-state index is 0.411. The first kappa shape index (κ1) is 9.72. The lowest BCUT2D eigenvalue weighted by Gasteiger charge is -1.95. The van der Waals surface area contributed by atoms with Gasteiger partial charge in [-0.15, -0.1) is 0 Å². The maximum Gasteiger partial charge on any atom is 0.202 e. The third kappa shape index (κ3) is 4.26. The third-order valence-corrected chi connectivity index (χ3v) is 1.81. The molecule has 0 amide bonds. The summed E-state index contributed by atoms with van der Waals surface area (Å²) in [5.74, 6) is 0. The molecule has 1 aromatic carbocycles. The highest BCUT2D eigenvalue weighted by Crippen LogP contribution is 2.02. The lowest BCUT2D eigenvalue weighted by atomic mass is 10.1. The topological polar surface area (TPSA) is 17.1 Å². The van der Waals surface area contributed by atoms with E-state index in [0.29, 0.717) is 6.42 Å². The lowest BCUT2D eigenvalue weighted by Crippen LogP contribution is -1.81. The number of benzene rings is 1. The Morgan fingerprint density at radius 1 is 1.15 bits per heavy atom. The summed E-state index contributed by atoms with van der Waals surface area (Å²) in [6, 6.07) is 10.3. The summed E-state index contributed by atoms with van der Waals surface area (Å²) in [6.45, 7) is 0. The van der Waals surface area contributed by atoms with Gasteiger partial charge in [-0.3, -0.25) is 4.79 Å². The Bertz CT molecular complexity index is 262. The highest BCUT2D eigenvalue weighted by atomic mass is 16.1. The molecule has 1 nitrogen and oxygen atoms in total. The molecule has 1 radical (unpaired) electrons. The van der Waals surface area contributed by atoms with Crippen molar-refractivity contribution in [3.05, 3.63) is 48.0 Å². The van der Waals surface area contributed by atoms with E-state index in [-0.39, 0.29) is 0 Å². The second kappa shape index (κ2) is 6.18. The van der Waals surface area contributed by atoms with E-state index in [4.69, 9.17) is 0 Å². The Morgan fingerprint density at radius 3 is 2.62 bits per heavy atom. The molecule has 13 heavy (non-hydrogen) atoms. The van der Waals surface area contributed by atoms with Crippen LogP contribution in [-0.4, -0.2) is 6.29 Å². The van der Waals surface area contributed by atoms with Crippen LogP contribution in [0.1, 0.15) is 18.4 Å². The van der Waals surface area contributed by atoms with Gasteiger partial charge in [-0.2, -0.15) is 0 Å². The molecular formula is C12H13O. The SMILES string of the molecule is O=[C]C/C=C/CCc1ccccc1. The number of hydrogen-bond donors (Lipinski definition) is 0. The van der Waals surface area contributed by atoms with Gasteiger partial charge in [0.15, 0.2) is 0 Å². The normalized spacial score (nSPS) is 10.5. The van der Waals surface area contributed by atoms with E-state index in [1.807, 2.05) is 36.6 Å². The molecule has 0 unspecified atom stereocenters. The van der Waals surface area contributed by atoms with Crippen LogP contribution < -0.4 is 0 Å². The molecule has 0 aliphatic carbocycles. The van der Waals surface area contributed by atoms with Crippen LogP contribution in [0.5, 0.6) is 0 Å². The van der Waals surface area contributed by atoms with Gasteiger partial charge in [0, 0.05) is 6.42 Å². The first-order chi connectivity index (χ1) is 6.43. The Hall–Kier alpha value is -1.37. The van der Waals surface area contributed by atoms with E-state index >= 15 is 0 Å². The minimum atomic E-state index is 0.411. The van der Waals surface area contributed by atoms with Gasteiger partial charge in [0.1, 0.15) is 0 Å². The summed E-state index contributed by atoms with van der Waals surface area (Å²) < 4.78 is 0. The zero-order valence-corrected chi connectivity index (χ0v) is 7.57. The van der Waals surface area contributed by atoms with Crippen LogP contribution in [0.4, 0.5) is 0 Å². The smallest absolute Gasteiger partial charge is 0.202 e. The number of aryl methyl sites for hydroxylation is 1. The van der Waals surface area contributed by atoms with Crippen LogP contribution in [0.25, 0.3) is 0 Å². The molecule has 0 fully saturated rings. The van der Waals surface area contributed by atoms with Crippen LogP contribution in [0.2, 0.25) is 0 Å². The second-order valence-electron chi connectivity index (χ2n) is 2.84. The van der Waals surface area contributed by atoms with Crippen molar-refractivity contribution in [1.29, 1.82) is 0 Å². The van der Waals surface area contributed by atoms with Gasteiger partial charge < -0.3 is 0 Å². The van der Waals surface area contributed by atoms with Gasteiger partial charge in [-0.25, -0.2) is 0 Å².